The molecule has 0 amide bonds. The average Bonchev–Trinajstić information content (AvgIpc) is 2.68. The van der Waals surface area contributed by atoms with Gasteiger partial charge in [0.05, 0.1) is 11.9 Å². The summed E-state index contributed by atoms with van der Waals surface area (Å²) in [5.74, 6) is 0.499. The Morgan fingerprint density at radius 2 is 2.12 bits per heavy atom. The Hall–Kier alpha value is 0.120. The van der Waals surface area contributed by atoms with Crippen molar-refractivity contribution in [1.82, 2.24) is 5.32 Å². The zero-order valence-corrected chi connectivity index (χ0v) is 10.7. The molecule has 3 unspecified atom stereocenters. The van der Waals surface area contributed by atoms with Crippen molar-refractivity contribution in [3.05, 3.63) is 0 Å². The predicted octanol–water partition coefficient (Wildman–Crippen LogP) is -0.289. The van der Waals surface area contributed by atoms with Crippen LogP contribution in [0.1, 0.15) is 12.8 Å². The Labute approximate surface area is 103 Å². The van der Waals surface area contributed by atoms with Crippen LogP contribution in [-0.2, 0) is 14.8 Å². The van der Waals surface area contributed by atoms with Crippen molar-refractivity contribution >= 4 is 22.4 Å². The van der Waals surface area contributed by atoms with Gasteiger partial charge in [-0.05, 0) is 25.3 Å². The third-order valence-electron chi connectivity index (χ3n) is 3.28. The van der Waals surface area contributed by atoms with Crippen molar-refractivity contribution in [3.63, 3.8) is 0 Å². The summed E-state index contributed by atoms with van der Waals surface area (Å²) in [7, 11) is -3.37. The molecule has 0 aromatic carbocycles. The number of nitrogens with one attached hydrogen (secondary N) is 1. The van der Waals surface area contributed by atoms with Crippen LogP contribution in [0.15, 0.2) is 0 Å². The van der Waals surface area contributed by atoms with Crippen LogP contribution in [-0.4, -0.2) is 40.0 Å². The number of primary sulfonamides is 1. The van der Waals surface area contributed by atoms with E-state index in [1.807, 2.05) is 0 Å². The normalized spacial score (nSPS) is 34.9. The van der Waals surface area contributed by atoms with E-state index in [0.29, 0.717) is 5.92 Å². The van der Waals surface area contributed by atoms with Crippen LogP contribution in [0.4, 0.5) is 0 Å². The molecule has 16 heavy (non-hydrogen) atoms. The lowest BCUT2D eigenvalue weighted by atomic mass is 9.91. The van der Waals surface area contributed by atoms with Gasteiger partial charge in [0.2, 0.25) is 10.0 Å². The molecule has 0 spiro atoms. The van der Waals surface area contributed by atoms with Crippen molar-refractivity contribution in [2.24, 2.45) is 17.0 Å². The number of hydrogen-bond donors (Lipinski definition) is 2. The molecule has 0 saturated carbocycles. The highest BCUT2D eigenvalue weighted by Crippen LogP contribution is 2.29. The first-order chi connectivity index (χ1) is 7.06. The fraction of sp³-hybridized carbons (Fsp3) is 1.00. The molecule has 2 aliphatic heterocycles. The molecular formula is C9H19ClN2O3S. The van der Waals surface area contributed by atoms with Crippen LogP contribution >= 0.6 is 12.4 Å². The van der Waals surface area contributed by atoms with Gasteiger partial charge in [0, 0.05) is 19.1 Å². The fourth-order valence-electron chi connectivity index (χ4n) is 2.61. The van der Waals surface area contributed by atoms with E-state index in [1.165, 1.54) is 0 Å². The van der Waals surface area contributed by atoms with E-state index < -0.39 is 10.0 Å². The predicted molar refractivity (Wildman–Crippen MR) is 64.0 cm³/mol. The van der Waals surface area contributed by atoms with Gasteiger partial charge >= 0.3 is 0 Å². The van der Waals surface area contributed by atoms with Crippen molar-refractivity contribution in [2.75, 3.05) is 25.4 Å². The summed E-state index contributed by atoms with van der Waals surface area (Å²) in [6.45, 7) is 2.40. The van der Waals surface area contributed by atoms with E-state index in [1.54, 1.807) is 0 Å². The van der Waals surface area contributed by atoms with Gasteiger partial charge in [-0.2, -0.15) is 0 Å². The van der Waals surface area contributed by atoms with Gasteiger partial charge in [-0.15, -0.1) is 12.4 Å². The van der Waals surface area contributed by atoms with E-state index >= 15 is 0 Å². The first kappa shape index (κ1) is 14.2. The number of rotatable bonds is 3. The summed E-state index contributed by atoms with van der Waals surface area (Å²) >= 11 is 0. The number of sulfonamides is 1. The minimum Gasteiger partial charge on any atom is -0.378 e. The molecule has 2 saturated heterocycles. The molecule has 2 heterocycles. The molecule has 3 N–H and O–H groups in total. The average molecular weight is 271 g/mol. The molecule has 96 valence electrons. The topological polar surface area (TPSA) is 81.4 Å². The summed E-state index contributed by atoms with van der Waals surface area (Å²) in [5, 5.41) is 8.30. The van der Waals surface area contributed by atoms with Crippen molar-refractivity contribution in [1.29, 1.82) is 0 Å². The van der Waals surface area contributed by atoms with Crippen molar-refractivity contribution in [3.8, 4) is 0 Å². The molecule has 7 heteroatoms. The third-order valence-corrected chi connectivity index (χ3v) is 4.17. The van der Waals surface area contributed by atoms with E-state index in [9.17, 15) is 8.42 Å². The van der Waals surface area contributed by atoms with Crippen LogP contribution in [0.5, 0.6) is 0 Å². The summed E-state index contributed by atoms with van der Waals surface area (Å²) in [5.41, 5.74) is 0. The highest BCUT2D eigenvalue weighted by molar-refractivity contribution is 7.89. The Morgan fingerprint density at radius 1 is 1.38 bits per heavy atom. The Bertz CT molecular complexity index is 317. The lowest BCUT2D eigenvalue weighted by Crippen LogP contribution is -2.33. The van der Waals surface area contributed by atoms with Crippen LogP contribution < -0.4 is 10.5 Å². The van der Waals surface area contributed by atoms with Crippen LogP contribution in [0.25, 0.3) is 0 Å². The second-order valence-corrected chi connectivity index (χ2v) is 6.12. The van der Waals surface area contributed by atoms with Gasteiger partial charge in [0.15, 0.2) is 0 Å². The van der Waals surface area contributed by atoms with Gasteiger partial charge < -0.3 is 10.1 Å². The zero-order chi connectivity index (χ0) is 10.9. The van der Waals surface area contributed by atoms with Crippen LogP contribution in [0.2, 0.25) is 0 Å². The molecule has 5 nitrogen and oxygen atoms in total. The lowest BCUT2D eigenvalue weighted by Gasteiger charge is -2.23. The third kappa shape index (κ3) is 3.56. The summed E-state index contributed by atoms with van der Waals surface area (Å²) < 4.78 is 27.7. The minimum atomic E-state index is -3.37. The van der Waals surface area contributed by atoms with Crippen molar-refractivity contribution in [2.45, 2.75) is 18.9 Å². The van der Waals surface area contributed by atoms with Crippen LogP contribution in [0, 0.1) is 11.8 Å². The molecule has 0 aromatic heterocycles. The lowest BCUT2D eigenvalue weighted by molar-refractivity contribution is 0.0570. The van der Waals surface area contributed by atoms with Crippen LogP contribution in [0.3, 0.4) is 0 Å². The van der Waals surface area contributed by atoms with Gasteiger partial charge in [-0.25, -0.2) is 13.6 Å². The van der Waals surface area contributed by atoms with E-state index in [0.717, 1.165) is 32.5 Å². The Morgan fingerprint density at radius 3 is 2.69 bits per heavy atom. The maximum atomic E-state index is 11.1. The van der Waals surface area contributed by atoms with Crippen molar-refractivity contribution < 1.29 is 13.2 Å². The minimum absolute atomic E-state index is 0. The molecule has 0 bridgehead atoms. The largest absolute Gasteiger partial charge is 0.378 e. The van der Waals surface area contributed by atoms with Gasteiger partial charge in [0.25, 0.3) is 0 Å². The molecule has 0 aromatic rings. The zero-order valence-electron chi connectivity index (χ0n) is 9.09. The molecular weight excluding hydrogens is 252 g/mol. The first-order valence-electron chi connectivity index (χ1n) is 5.39. The van der Waals surface area contributed by atoms with E-state index in [-0.39, 0.29) is 30.2 Å². The molecule has 0 radical (unpaired) electrons. The molecule has 0 aliphatic carbocycles. The number of hydrogen-bond acceptors (Lipinski definition) is 4. The molecule has 2 fully saturated rings. The Balaban J connectivity index is 0.00000128. The summed E-state index contributed by atoms with van der Waals surface area (Å²) in [4.78, 5) is 0. The standard InChI is InChI=1S/C9H18N2O3S.ClH/c10-15(12,13)6-7-4-11-5-8(7)9-2-1-3-14-9;/h7-9,11H,1-6H2,(H2,10,12,13);1H. The maximum Gasteiger partial charge on any atom is 0.209 e. The first-order valence-corrected chi connectivity index (χ1v) is 7.10. The van der Waals surface area contributed by atoms with Gasteiger partial charge in [-0.3, -0.25) is 0 Å². The Kier molecular flexibility index (Phi) is 5.00. The second kappa shape index (κ2) is 5.64. The quantitative estimate of drug-likeness (QED) is 0.739. The highest BCUT2D eigenvalue weighted by Gasteiger charge is 2.37. The van der Waals surface area contributed by atoms with Gasteiger partial charge in [0.1, 0.15) is 0 Å². The van der Waals surface area contributed by atoms with E-state index in [2.05, 4.69) is 5.32 Å². The smallest absolute Gasteiger partial charge is 0.209 e. The van der Waals surface area contributed by atoms with Gasteiger partial charge in [-0.1, -0.05) is 0 Å². The van der Waals surface area contributed by atoms with E-state index in [4.69, 9.17) is 9.88 Å². The molecule has 2 rings (SSSR count). The molecule has 3 atom stereocenters. The fourth-order valence-corrected chi connectivity index (χ4v) is 3.57. The number of ether oxygens (including phenoxy) is 1. The number of halogens is 1. The maximum absolute atomic E-state index is 11.1. The second-order valence-electron chi connectivity index (χ2n) is 4.46. The number of nitrogens with two attached hydrogens (primary N) is 1. The SMILES string of the molecule is Cl.NS(=O)(=O)CC1CNCC1C1CCCO1. The highest BCUT2D eigenvalue weighted by atomic mass is 35.5. The summed E-state index contributed by atoms with van der Waals surface area (Å²) in [6, 6.07) is 0. The molecule has 2 aliphatic rings. The monoisotopic (exact) mass is 270 g/mol. The summed E-state index contributed by atoms with van der Waals surface area (Å²) in [6.07, 6.45) is 2.36.